The minimum Gasteiger partial charge on any atom is -0.434 e. The third-order valence-corrected chi connectivity index (χ3v) is 3.73. The van der Waals surface area contributed by atoms with Crippen molar-refractivity contribution in [3.05, 3.63) is 0 Å². The predicted octanol–water partition coefficient (Wildman–Crippen LogP) is 2.98. The fourth-order valence-electron chi connectivity index (χ4n) is 2.63. The van der Waals surface area contributed by atoms with Gasteiger partial charge in [0.05, 0.1) is 6.61 Å². The molecule has 0 aromatic rings. The summed E-state index contributed by atoms with van der Waals surface area (Å²) in [5.74, 6) is 1.56. The first-order valence-corrected chi connectivity index (χ1v) is 6.98. The zero-order valence-electron chi connectivity index (χ0n) is 11.7. The fraction of sp³-hybridized carbons (Fsp3) is 0.929. The first-order valence-electron chi connectivity index (χ1n) is 6.98. The molecule has 0 spiro atoms. The van der Waals surface area contributed by atoms with E-state index in [1.165, 1.54) is 6.42 Å². The van der Waals surface area contributed by atoms with Crippen LogP contribution >= 0.6 is 0 Å². The Morgan fingerprint density at radius 2 is 2.11 bits per heavy atom. The molecule has 18 heavy (non-hydrogen) atoms. The summed E-state index contributed by atoms with van der Waals surface area (Å²) in [7, 11) is 0. The summed E-state index contributed by atoms with van der Waals surface area (Å²) in [6.45, 7) is 6.80. The Balaban J connectivity index is 2.42. The topological polar surface area (TPSA) is 55.8 Å². The molecule has 1 N–H and O–H groups in total. The van der Waals surface area contributed by atoms with Gasteiger partial charge in [0.1, 0.15) is 6.10 Å². The van der Waals surface area contributed by atoms with E-state index in [1.807, 2.05) is 0 Å². The molecule has 1 rings (SSSR count). The van der Waals surface area contributed by atoms with Crippen LogP contribution in [0.4, 0.5) is 4.79 Å². The molecule has 0 aliphatic heterocycles. The molecule has 0 aromatic heterocycles. The van der Waals surface area contributed by atoms with Gasteiger partial charge in [-0.1, -0.05) is 27.2 Å². The first-order chi connectivity index (χ1) is 8.54. The molecular weight excluding hydrogens is 232 g/mol. The molecule has 4 heteroatoms. The molecule has 1 saturated carbocycles. The third kappa shape index (κ3) is 4.84. The largest absolute Gasteiger partial charge is 0.508 e. The number of ether oxygens (including phenoxy) is 2. The fourth-order valence-corrected chi connectivity index (χ4v) is 2.63. The van der Waals surface area contributed by atoms with E-state index in [4.69, 9.17) is 14.6 Å². The summed E-state index contributed by atoms with van der Waals surface area (Å²) in [5, 5.41) is 8.62. The number of aliphatic hydroxyl groups is 1. The zero-order chi connectivity index (χ0) is 13.5. The highest BCUT2D eigenvalue weighted by molar-refractivity contribution is 5.60. The van der Waals surface area contributed by atoms with Crippen LogP contribution in [0, 0.1) is 17.8 Å². The summed E-state index contributed by atoms with van der Waals surface area (Å²) >= 11 is 0. The minimum atomic E-state index is -0.590. The minimum absolute atomic E-state index is 0.0182. The van der Waals surface area contributed by atoms with Crippen molar-refractivity contribution < 1.29 is 19.4 Å². The highest BCUT2D eigenvalue weighted by Gasteiger charge is 2.33. The first kappa shape index (κ1) is 15.3. The maximum atomic E-state index is 11.5. The Morgan fingerprint density at radius 3 is 2.72 bits per heavy atom. The van der Waals surface area contributed by atoms with Gasteiger partial charge in [0.15, 0.2) is 0 Å². The molecule has 0 heterocycles. The van der Waals surface area contributed by atoms with E-state index < -0.39 is 6.16 Å². The normalized spacial score (nSPS) is 28.2. The van der Waals surface area contributed by atoms with Gasteiger partial charge in [0.2, 0.25) is 0 Å². The van der Waals surface area contributed by atoms with Gasteiger partial charge >= 0.3 is 6.16 Å². The lowest BCUT2D eigenvalue weighted by atomic mass is 9.75. The van der Waals surface area contributed by atoms with Crippen molar-refractivity contribution in [2.45, 2.75) is 52.6 Å². The lowest BCUT2D eigenvalue weighted by Gasteiger charge is -2.36. The van der Waals surface area contributed by atoms with Gasteiger partial charge in [-0.05, 0) is 30.6 Å². The smallest absolute Gasteiger partial charge is 0.434 e. The van der Waals surface area contributed by atoms with Crippen LogP contribution in [0.5, 0.6) is 0 Å². The molecule has 1 aliphatic rings. The summed E-state index contributed by atoms with van der Waals surface area (Å²) in [5.41, 5.74) is 0. The highest BCUT2D eigenvalue weighted by atomic mass is 16.7. The molecule has 0 saturated heterocycles. The van der Waals surface area contributed by atoms with E-state index in [1.54, 1.807) is 0 Å². The van der Waals surface area contributed by atoms with Gasteiger partial charge in [0, 0.05) is 13.0 Å². The monoisotopic (exact) mass is 258 g/mol. The van der Waals surface area contributed by atoms with Gasteiger partial charge in [-0.3, -0.25) is 0 Å². The van der Waals surface area contributed by atoms with Crippen LogP contribution < -0.4 is 0 Å². The molecule has 0 radical (unpaired) electrons. The Hall–Kier alpha value is -0.770. The molecular formula is C14H26O4. The van der Waals surface area contributed by atoms with Crippen LogP contribution in [0.15, 0.2) is 0 Å². The Bertz CT molecular complexity index is 252. The number of rotatable bonds is 5. The van der Waals surface area contributed by atoms with Crippen molar-refractivity contribution in [2.75, 3.05) is 13.2 Å². The molecule has 0 amide bonds. The van der Waals surface area contributed by atoms with Crippen molar-refractivity contribution in [1.82, 2.24) is 0 Å². The van der Waals surface area contributed by atoms with Gasteiger partial charge in [-0.25, -0.2) is 4.79 Å². The second kappa shape index (κ2) is 7.62. The van der Waals surface area contributed by atoms with Gasteiger partial charge < -0.3 is 14.6 Å². The van der Waals surface area contributed by atoms with E-state index in [0.717, 1.165) is 12.8 Å². The number of hydrogen-bond acceptors (Lipinski definition) is 4. The van der Waals surface area contributed by atoms with Gasteiger partial charge in [0.25, 0.3) is 0 Å². The highest BCUT2D eigenvalue weighted by Crippen LogP contribution is 2.35. The summed E-state index contributed by atoms with van der Waals surface area (Å²) in [6, 6.07) is 0. The van der Waals surface area contributed by atoms with Crippen molar-refractivity contribution >= 4 is 6.16 Å². The lowest BCUT2D eigenvalue weighted by molar-refractivity contribution is -0.0327. The number of hydrogen-bond donors (Lipinski definition) is 1. The molecule has 0 unspecified atom stereocenters. The summed E-state index contributed by atoms with van der Waals surface area (Å²) in [4.78, 5) is 11.5. The van der Waals surface area contributed by atoms with Crippen LogP contribution in [0.3, 0.4) is 0 Å². The molecule has 0 aromatic carbocycles. The van der Waals surface area contributed by atoms with E-state index in [0.29, 0.717) is 24.2 Å². The van der Waals surface area contributed by atoms with Crippen LogP contribution in [0.1, 0.15) is 46.5 Å². The molecule has 1 aliphatic carbocycles. The molecule has 106 valence electrons. The maximum Gasteiger partial charge on any atom is 0.508 e. The van der Waals surface area contributed by atoms with Crippen LogP contribution in [-0.2, 0) is 9.47 Å². The average molecular weight is 258 g/mol. The van der Waals surface area contributed by atoms with E-state index in [2.05, 4.69) is 20.8 Å². The van der Waals surface area contributed by atoms with Gasteiger partial charge in [-0.15, -0.1) is 0 Å². The Labute approximate surface area is 110 Å². The summed E-state index contributed by atoms with van der Waals surface area (Å²) < 4.78 is 10.4. The van der Waals surface area contributed by atoms with Crippen molar-refractivity contribution in [2.24, 2.45) is 17.8 Å². The third-order valence-electron chi connectivity index (χ3n) is 3.73. The van der Waals surface area contributed by atoms with Gasteiger partial charge in [-0.2, -0.15) is 0 Å². The second-order valence-corrected chi connectivity index (χ2v) is 5.66. The summed E-state index contributed by atoms with van der Waals surface area (Å²) in [6.07, 6.45) is 3.11. The van der Waals surface area contributed by atoms with Crippen LogP contribution in [-0.4, -0.2) is 30.6 Å². The zero-order valence-corrected chi connectivity index (χ0v) is 11.7. The van der Waals surface area contributed by atoms with Crippen molar-refractivity contribution in [3.8, 4) is 0 Å². The molecule has 3 atom stereocenters. The Kier molecular flexibility index (Phi) is 6.47. The average Bonchev–Trinajstić information content (AvgIpc) is 2.29. The predicted molar refractivity (Wildman–Crippen MR) is 69.3 cm³/mol. The SMILES string of the molecule is CC(C)[C@@H]1CC[C@@H](C)C[C@H]1OC(=O)OCCCO. The van der Waals surface area contributed by atoms with Crippen LogP contribution in [0.2, 0.25) is 0 Å². The number of aliphatic hydroxyl groups excluding tert-OH is 1. The quantitative estimate of drug-likeness (QED) is 0.608. The lowest BCUT2D eigenvalue weighted by Crippen LogP contribution is -2.36. The van der Waals surface area contributed by atoms with Crippen LogP contribution in [0.25, 0.3) is 0 Å². The van der Waals surface area contributed by atoms with E-state index in [9.17, 15) is 4.79 Å². The standard InChI is InChI=1S/C14H26O4/c1-10(2)12-6-5-11(3)9-13(12)18-14(16)17-8-4-7-15/h10-13,15H,4-9H2,1-3H3/t11-,12+,13-/m1/s1. The molecule has 4 nitrogen and oxygen atoms in total. The number of carbonyl (C=O) groups is 1. The second-order valence-electron chi connectivity index (χ2n) is 5.66. The van der Waals surface area contributed by atoms with Crippen molar-refractivity contribution in [1.29, 1.82) is 0 Å². The molecule has 1 fully saturated rings. The maximum absolute atomic E-state index is 11.5. The molecule has 0 bridgehead atoms. The van der Waals surface area contributed by atoms with E-state index in [-0.39, 0.29) is 19.3 Å². The van der Waals surface area contributed by atoms with Crippen molar-refractivity contribution in [3.63, 3.8) is 0 Å². The number of carbonyl (C=O) groups excluding carboxylic acids is 1. The van der Waals surface area contributed by atoms with E-state index >= 15 is 0 Å². The Morgan fingerprint density at radius 1 is 1.39 bits per heavy atom.